The van der Waals surface area contributed by atoms with Crippen molar-refractivity contribution < 1.29 is 4.79 Å². The summed E-state index contributed by atoms with van der Waals surface area (Å²) in [5.41, 5.74) is 1.08. The summed E-state index contributed by atoms with van der Waals surface area (Å²) in [6.07, 6.45) is 2.74. The van der Waals surface area contributed by atoms with Crippen LogP contribution in [0.3, 0.4) is 0 Å². The predicted octanol–water partition coefficient (Wildman–Crippen LogP) is 3.18. The smallest absolute Gasteiger partial charge is 0.140 e. The summed E-state index contributed by atoms with van der Waals surface area (Å²) in [4.78, 5) is 11.4. The minimum Gasteiger partial charge on any atom is -0.299 e. The number of rotatable bonds is 1. The van der Waals surface area contributed by atoms with Crippen LogP contribution in [0, 0.1) is 0 Å². The van der Waals surface area contributed by atoms with Crippen LogP contribution in [0.2, 0.25) is 5.02 Å². The normalized spacial score (nSPS) is 22.2. The summed E-state index contributed by atoms with van der Waals surface area (Å²) in [5, 5.41) is 0.720. The Kier molecular flexibility index (Phi) is 2.36. The van der Waals surface area contributed by atoms with Crippen LogP contribution < -0.4 is 0 Å². The van der Waals surface area contributed by atoms with E-state index in [1.165, 1.54) is 0 Å². The average Bonchev–Trinajstić information content (AvgIpc) is 2.51. The van der Waals surface area contributed by atoms with Gasteiger partial charge in [0.2, 0.25) is 0 Å². The SMILES string of the molecule is O=C1CCC[C@@H]1c1cccc(Cl)c1. The van der Waals surface area contributed by atoms with Crippen molar-refractivity contribution in [3.63, 3.8) is 0 Å². The van der Waals surface area contributed by atoms with E-state index >= 15 is 0 Å². The predicted molar refractivity (Wildman–Crippen MR) is 53.1 cm³/mol. The topological polar surface area (TPSA) is 17.1 Å². The molecule has 0 unspecified atom stereocenters. The van der Waals surface area contributed by atoms with Crippen LogP contribution in [0.15, 0.2) is 24.3 Å². The zero-order chi connectivity index (χ0) is 9.26. The molecule has 0 aliphatic heterocycles. The molecule has 0 spiro atoms. The first-order valence-electron chi connectivity index (χ1n) is 4.55. The van der Waals surface area contributed by atoms with Crippen LogP contribution in [-0.4, -0.2) is 5.78 Å². The Labute approximate surface area is 82.7 Å². The van der Waals surface area contributed by atoms with Gasteiger partial charge in [0.05, 0.1) is 0 Å². The van der Waals surface area contributed by atoms with Gasteiger partial charge in [-0.3, -0.25) is 4.79 Å². The van der Waals surface area contributed by atoms with Gasteiger partial charge >= 0.3 is 0 Å². The Morgan fingerprint density at radius 2 is 2.23 bits per heavy atom. The van der Waals surface area contributed by atoms with Gasteiger partial charge in [-0.2, -0.15) is 0 Å². The third-order valence-electron chi connectivity index (χ3n) is 2.56. The largest absolute Gasteiger partial charge is 0.299 e. The highest BCUT2D eigenvalue weighted by molar-refractivity contribution is 6.30. The molecule has 1 fully saturated rings. The van der Waals surface area contributed by atoms with Crippen molar-refractivity contribution in [3.05, 3.63) is 34.9 Å². The highest BCUT2D eigenvalue weighted by Crippen LogP contribution is 2.31. The molecule has 0 heterocycles. The monoisotopic (exact) mass is 194 g/mol. The first-order valence-corrected chi connectivity index (χ1v) is 4.93. The van der Waals surface area contributed by atoms with Gasteiger partial charge in [0.1, 0.15) is 5.78 Å². The minimum atomic E-state index is 0.110. The van der Waals surface area contributed by atoms with Crippen molar-refractivity contribution >= 4 is 17.4 Å². The number of Topliss-reactive ketones (excluding diaryl/α,β-unsaturated/α-hetero) is 1. The fourth-order valence-electron chi connectivity index (χ4n) is 1.89. The Morgan fingerprint density at radius 3 is 2.85 bits per heavy atom. The number of hydrogen-bond donors (Lipinski definition) is 0. The van der Waals surface area contributed by atoms with Crippen LogP contribution in [-0.2, 0) is 4.79 Å². The van der Waals surface area contributed by atoms with Crippen LogP contribution in [0.1, 0.15) is 30.7 Å². The maximum absolute atomic E-state index is 11.4. The maximum atomic E-state index is 11.4. The highest BCUT2D eigenvalue weighted by atomic mass is 35.5. The molecule has 1 atom stereocenters. The molecule has 0 bridgehead atoms. The summed E-state index contributed by atoms with van der Waals surface area (Å²) in [7, 11) is 0. The lowest BCUT2D eigenvalue weighted by atomic mass is 9.97. The van der Waals surface area contributed by atoms with E-state index in [1.54, 1.807) is 0 Å². The van der Waals surface area contributed by atoms with E-state index in [0.29, 0.717) is 5.78 Å². The van der Waals surface area contributed by atoms with Crippen LogP contribution in [0.4, 0.5) is 0 Å². The molecule has 68 valence electrons. The van der Waals surface area contributed by atoms with E-state index in [0.717, 1.165) is 29.8 Å². The molecule has 0 aromatic heterocycles. The maximum Gasteiger partial charge on any atom is 0.140 e. The Bertz CT molecular complexity index is 333. The van der Waals surface area contributed by atoms with E-state index < -0.39 is 0 Å². The molecule has 0 amide bonds. The second kappa shape index (κ2) is 3.51. The molecule has 2 rings (SSSR count). The number of carbonyl (C=O) groups excluding carboxylic acids is 1. The van der Waals surface area contributed by atoms with Gasteiger partial charge in [0, 0.05) is 17.4 Å². The third-order valence-corrected chi connectivity index (χ3v) is 2.79. The lowest BCUT2D eigenvalue weighted by molar-refractivity contribution is -0.118. The Balaban J connectivity index is 2.29. The molecule has 2 heteroatoms. The van der Waals surface area contributed by atoms with Gasteiger partial charge in [-0.15, -0.1) is 0 Å². The lowest BCUT2D eigenvalue weighted by Crippen LogP contribution is -2.03. The van der Waals surface area contributed by atoms with E-state index in [4.69, 9.17) is 11.6 Å². The van der Waals surface area contributed by atoms with E-state index in [-0.39, 0.29) is 5.92 Å². The summed E-state index contributed by atoms with van der Waals surface area (Å²) < 4.78 is 0. The molecule has 13 heavy (non-hydrogen) atoms. The molecule has 0 radical (unpaired) electrons. The quantitative estimate of drug-likeness (QED) is 0.671. The van der Waals surface area contributed by atoms with E-state index in [1.807, 2.05) is 24.3 Å². The number of ketones is 1. The summed E-state index contributed by atoms with van der Waals surface area (Å²) in [5.74, 6) is 0.473. The number of halogens is 1. The minimum absolute atomic E-state index is 0.110. The van der Waals surface area contributed by atoms with Gasteiger partial charge < -0.3 is 0 Å². The fourth-order valence-corrected chi connectivity index (χ4v) is 2.09. The Morgan fingerprint density at radius 1 is 1.38 bits per heavy atom. The molecule has 1 aromatic carbocycles. The number of hydrogen-bond acceptors (Lipinski definition) is 1. The first-order chi connectivity index (χ1) is 6.27. The first kappa shape index (κ1) is 8.76. The molecule has 1 aliphatic rings. The van der Waals surface area contributed by atoms with Crippen LogP contribution in [0.5, 0.6) is 0 Å². The molecule has 1 aliphatic carbocycles. The summed E-state index contributed by atoms with van der Waals surface area (Å²) >= 11 is 5.86. The van der Waals surface area contributed by atoms with Crippen molar-refractivity contribution in [3.8, 4) is 0 Å². The average molecular weight is 195 g/mol. The third kappa shape index (κ3) is 1.75. The van der Waals surface area contributed by atoms with Gasteiger partial charge in [-0.1, -0.05) is 23.7 Å². The molecule has 1 nitrogen and oxygen atoms in total. The molecule has 1 saturated carbocycles. The van der Waals surface area contributed by atoms with E-state index in [2.05, 4.69) is 0 Å². The molecular formula is C11H11ClO. The van der Waals surface area contributed by atoms with Crippen molar-refractivity contribution in [1.82, 2.24) is 0 Å². The highest BCUT2D eigenvalue weighted by Gasteiger charge is 2.25. The van der Waals surface area contributed by atoms with Gasteiger partial charge in [0.15, 0.2) is 0 Å². The van der Waals surface area contributed by atoms with Crippen molar-refractivity contribution in [2.45, 2.75) is 25.2 Å². The fraction of sp³-hybridized carbons (Fsp3) is 0.364. The van der Waals surface area contributed by atoms with Gasteiger partial charge in [-0.05, 0) is 30.5 Å². The molecule has 0 N–H and O–H groups in total. The molecular weight excluding hydrogens is 184 g/mol. The van der Waals surface area contributed by atoms with Gasteiger partial charge in [-0.25, -0.2) is 0 Å². The van der Waals surface area contributed by atoms with Crippen LogP contribution >= 0.6 is 11.6 Å². The standard InChI is InChI=1S/C11H11ClO/c12-9-4-1-3-8(7-9)10-5-2-6-11(10)13/h1,3-4,7,10H,2,5-6H2/t10-/m1/s1. The van der Waals surface area contributed by atoms with Gasteiger partial charge in [0.25, 0.3) is 0 Å². The summed E-state index contributed by atoms with van der Waals surface area (Å²) in [6, 6.07) is 7.63. The Hall–Kier alpha value is -0.820. The van der Waals surface area contributed by atoms with E-state index in [9.17, 15) is 4.79 Å². The molecule has 1 aromatic rings. The zero-order valence-corrected chi connectivity index (χ0v) is 8.05. The van der Waals surface area contributed by atoms with Crippen molar-refractivity contribution in [2.75, 3.05) is 0 Å². The summed E-state index contributed by atoms with van der Waals surface area (Å²) in [6.45, 7) is 0. The molecule has 0 saturated heterocycles. The van der Waals surface area contributed by atoms with Crippen molar-refractivity contribution in [1.29, 1.82) is 0 Å². The number of benzene rings is 1. The van der Waals surface area contributed by atoms with Crippen molar-refractivity contribution in [2.24, 2.45) is 0 Å². The van der Waals surface area contributed by atoms with Crippen LogP contribution in [0.25, 0.3) is 0 Å². The second-order valence-corrected chi connectivity index (χ2v) is 3.90. The zero-order valence-electron chi connectivity index (χ0n) is 7.29. The lowest BCUT2D eigenvalue weighted by Gasteiger charge is -2.07. The second-order valence-electron chi connectivity index (χ2n) is 3.47. The number of carbonyl (C=O) groups is 1.